The van der Waals surface area contributed by atoms with Gasteiger partial charge in [-0.2, -0.15) is 0 Å². The number of nitrogens with zero attached hydrogens (tertiary/aromatic N) is 1. The molecule has 2 amide bonds. The molecule has 0 bridgehead atoms. The highest BCUT2D eigenvalue weighted by Gasteiger charge is 2.36. The maximum absolute atomic E-state index is 13.0. The monoisotopic (exact) mass is 284 g/mol. The highest BCUT2D eigenvalue weighted by Crippen LogP contribution is 2.17. The van der Waals surface area contributed by atoms with E-state index in [1.54, 1.807) is 13.0 Å². The molecule has 0 aromatic heterocycles. The van der Waals surface area contributed by atoms with Crippen LogP contribution in [0.3, 0.4) is 0 Å². The summed E-state index contributed by atoms with van der Waals surface area (Å²) in [6.45, 7) is 2.51. The lowest BCUT2D eigenvalue weighted by molar-refractivity contribution is -0.138. The van der Waals surface area contributed by atoms with Crippen molar-refractivity contribution < 1.29 is 14.0 Å². The van der Waals surface area contributed by atoms with Crippen LogP contribution >= 0.6 is 11.6 Å². The number of rotatable bonds is 4. The third-order valence-corrected chi connectivity index (χ3v) is 3.39. The first-order valence-electron chi connectivity index (χ1n) is 6.04. The highest BCUT2D eigenvalue weighted by atomic mass is 35.5. The fourth-order valence-corrected chi connectivity index (χ4v) is 2.27. The topological polar surface area (TPSA) is 49.4 Å². The van der Waals surface area contributed by atoms with Gasteiger partial charge in [0.2, 0.25) is 11.8 Å². The van der Waals surface area contributed by atoms with E-state index in [1.807, 2.05) is 0 Å². The summed E-state index contributed by atoms with van der Waals surface area (Å²) in [5, 5.41) is 3.04. The van der Waals surface area contributed by atoms with Gasteiger partial charge >= 0.3 is 0 Å². The van der Waals surface area contributed by atoms with Crippen molar-refractivity contribution >= 4 is 23.4 Å². The van der Waals surface area contributed by atoms with E-state index < -0.39 is 11.9 Å². The van der Waals surface area contributed by atoms with Gasteiger partial charge in [0, 0.05) is 13.1 Å². The van der Waals surface area contributed by atoms with Gasteiger partial charge in [-0.3, -0.25) is 14.5 Å². The number of halogens is 2. The molecule has 0 saturated carbocycles. The van der Waals surface area contributed by atoms with Crippen molar-refractivity contribution in [3.8, 4) is 0 Å². The van der Waals surface area contributed by atoms with E-state index in [4.69, 9.17) is 11.6 Å². The Morgan fingerprint density at radius 1 is 1.47 bits per heavy atom. The van der Waals surface area contributed by atoms with Crippen molar-refractivity contribution in [3.05, 3.63) is 34.6 Å². The Balaban J connectivity index is 1.98. The summed E-state index contributed by atoms with van der Waals surface area (Å²) in [5.41, 5.74) is 0.765. The van der Waals surface area contributed by atoms with Gasteiger partial charge in [0.05, 0.1) is 17.5 Å². The molecule has 6 heteroatoms. The number of carbonyl (C=O) groups is 2. The standard InChI is InChI=1S/C13H14ClFN2O2/c1-2-17-12(18)6-11(13(17)19)16-7-8-3-4-10(15)9(14)5-8/h3-5,11,16H,2,6-7H2,1H3. The summed E-state index contributed by atoms with van der Waals surface area (Å²) in [6.07, 6.45) is 0.168. The Kier molecular flexibility index (Phi) is 4.17. The molecule has 1 heterocycles. The maximum atomic E-state index is 13.0. The van der Waals surface area contributed by atoms with Crippen molar-refractivity contribution in [2.75, 3.05) is 6.54 Å². The minimum atomic E-state index is -0.503. The van der Waals surface area contributed by atoms with Crippen LogP contribution in [0.4, 0.5) is 4.39 Å². The van der Waals surface area contributed by atoms with Crippen LogP contribution in [0.1, 0.15) is 18.9 Å². The number of hydrogen-bond donors (Lipinski definition) is 1. The van der Waals surface area contributed by atoms with Crippen LogP contribution in [0.25, 0.3) is 0 Å². The van der Waals surface area contributed by atoms with E-state index >= 15 is 0 Å². The number of nitrogens with one attached hydrogen (secondary N) is 1. The lowest BCUT2D eigenvalue weighted by Gasteiger charge is -2.13. The molecule has 0 aliphatic carbocycles. The van der Waals surface area contributed by atoms with E-state index in [0.29, 0.717) is 13.1 Å². The van der Waals surface area contributed by atoms with Gasteiger partial charge in [-0.05, 0) is 24.6 Å². The molecule has 19 heavy (non-hydrogen) atoms. The molecule has 102 valence electrons. The largest absolute Gasteiger partial charge is 0.301 e. The molecule has 2 rings (SSSR count). The fraction of sp³-hybridized carbons (Fsp3) is 0.385. The molecule has 1 aliphatic rings. The SMILES string of the molecule is CCN1C(=O)CC(NCc2ccc(F)c(Cl)c2)C1=O. The second kappa shape index (κ2) is 5.67. The summed E-state index contributed by atoms with van der Waals surface area (Å²) in [6, 6.07) is 3.87. The van der Waals surface area contributed by atoms with Crippen molar-refractivity contribution in [2.24, 2.45) is 0 Å². The van der Waals surface area contributed by atoms with Crippen LogP contribution in [-0.2, 0) is 16.1 Å². The van der Waals surface area contributed by atoms with Crippen LogP contribution in [0, 0.1) is 5.82 Å². The highest BCUT2D eigenvalue weighted by molar-refractivity contribution is 6.30. The van der Waals surface area contributed by atoms with E-state index in [2.05, 4.69) is 5.32 Å². The molecule has 1 aromatic carbocycles. The minimum absolute atomic E-state index is 0.0447. The quantitative estimate of drug-likeness (QED) is 0.857. The number of likely N-dealkylation sites (N-methyl/N-ethyl adjacent to an activating group) is 1. The number of imide groups is 1. The second-order valence-electron chi connectivity index (χ2n) is 4.36. The number of likely N-dealkylation sites (tertiary alicyclic amines) is 1. The van der Waals surface area contributed by atoms with Crippen molar-refractivity contribution in [1.29, 1.82) is 0 Å². The first-order valence-corrected chi connectivity index (χ1v) is 6.42. The zero-order chi connectivity index (χ0) is 14.0. The average molecular weight is 285 g/mol. The number of amides is 2. The van der Waals surface area contributed by atoms with Gasteiger partial charge in [-0.1, -0.05) is 17.7 Å². The average Bonchev–Trinajstić information content (AvgIpc) is 2.65. The summed E-state index contributed by atoms with van der Waals surface area (Å²) in [7, 11) is 0. The summed E-state index contributed by atoms with van der Waals surface area (Å²) in [4.78, 5) is 24.6. The predicted octanol–water partition coefficient (Wildman–Crippen LogP) is 1.72. The fourth-order valence-electron chi connectivity index (χ4n) is 2.07. The molecule has 1 unspecified atom stereocenters. The molecule has 1 atom stereocenters. The molecule has 1 aliphatic heterocycles. The van der Waals surface area contributed by atoms with Gasteiger partial charge < -0.3 is 5.32 Å². The molecule has 0 radical (unpaired) electrons. The Labute approximate surface area is 115 Å². The molecule has 1 fully saturated rings. The molecular weight excluding hydrogens is 271 g/mol. The van der Waals surface area contributed by atoms with Gasteiger partial charge in [0.15, 0.2) is 0 Å². The van der Waals surface area contributed by atoms with E-state index in [-0.39, 0.29) is 23.3 Å². The third-order valence-electron chi connectivity index (χ3n) is 3.10. The van der Waals surface area contributed by atoms with Crippen LogP contribution in [-0.4, -0.2) is 29.3 Å². The molecule has 0 spiro atoms. The lowest BCUT2D eigenvalue weighted by atomic mass is 10.2. The van der Waals surface area contributed by atoms with Gasteiger partial charge in [0.25, 0.3) is 0 Å². The summed E-state index contributed by atoms with van der Waals surface area (Å²) >= 11 is 5.67. The Bertz CT molecular complexity index is 521. The molecule has 1 aromatic rings. The lowest BCUT2D eigenvalue weighted by Crippen LogP contribution is -2.38. The van der Waals surface area contributed by atoms with E-state index in [1.165, 1.54) is 17.0 Å². The Hall–Kier alpha value is -1.46. The second-order valence-corrected chi connectivity index (χ2v) is 4.77. The zero-order valence-corrected chi connectivity index (χ0v) is 11.2. The van der Waals surface area contributed by atoms with Crippen LogP contribution < -0.4 is 5.32 Å². The summed E-state index contributed by atoms with van der Waals surface area (Å²) < 4.78 is 13.0. The third kappa shape index (κ3) is 2.93. The normalized spacial score (nSPS) is 19.3. The molecule has 4 nitrogen and oxygen atoms in total. The minimum Gasteiger partial charge on any atom is -0.301 e. The number of benzene rings is 1. The van der Waals surface area contributed by atoms with Crippen LogP contribution in [0.15, 0.2) is 18.2 Å². The van der Waals surface area contributed by atoms with Crippen molar-refractivity contribution in [3.63, 3.8) is 0 Å². The van der Waals surface area contributed by atoms with E-state index in [0.717, 1.165) is 5.56 Å². The first-order chi connectivity index (χ1) is 9.02. The van der Waals surface area contributed by atoms with Crippen LogP contribution in [0.2, 0.25) is 5.02 Å². The molecular formula is C13H14ClFN2O2. The first kappa shape index (κ1) is 14.0. The van der Waals surface area contributed by atoms with E-state index in [9.17, 15) is 14.0 Å². The molecule has 1 N–H and O–H groups in total. The van der Waals surface area contributed by atoms with Gasteiger partial charge in [-0.15, -0.1) is 0 Å². The zero-order valence-electron chi connectivity index (χ0n) is 10.5. The summed E-state index contributed by atoms with van der Waals surface area (Å²) in [5.74, 6) is -0.849. The van der Waals surface area contributed by atoms with Crippen molar-refractivity contribution in [1.82, 2.24) is 10.2 Å². The number of hydrogen-bond acceptors (Lipinski definition) is 3. The Morgan fingerprint density at radius 2 is 2.21 bits per heavy atom. The predicted molar refractivity (Wildman–Crippen MR) is 69.0 cm³/mol. The van der Waals surface area contributed by atoms with Crippen LogP contribution in [0.5, 0.6) is 0 Å². The maximum Gasteiger partial charge on any atom is 0.246 e. The number of carbonyl (C=O) groups excluding carboxylic acids is 2. The smallest absolute Gasteiger partial charge is 0.246 e. The van der Waals surface area contributed by atoms with Gasteiger partial charge in [0.1, 0.15) is 5.82 Å². The van der Waals surface area contributed by atoms with Crippen molar-refractivity contribution in [2.45, 2.75) is 25.9 Å². The Morgan fingerprint density at radius 3 is 2.79 bits per heavy atom. The molecule has 1 saturated heterocycles. The van der Waals surface area contributed by atoms with Gasteiger partial charge in [-0.25, -0.2) is 4.39 Å².